The van der Waals surface area contributed by atoms with Gasteiger partial charge in [-0.1, -0.05) is 15.9 Å². The molecule has 0 spiro atoms. The molecule has 0 aliphatic rings. The van der Waals surface area contributed by atoms with Gasteiger partial charge in [-0.05, 0) is 45.0 Å². The number of rotatable bonds is 6. The van der Waals surface area contributed by atoms with Crippen molar-refractivity contribution in [3.63, 3.8) is 0 Å². The van der Waals surface area contributed by atoms with Crippen molar-refractivity contribution in [3.05, 3.63) is 28.7 Å². The summed E-state index contributed by atoms with van der Waals surface area (Å²) in [6.45, 7) is 5.63. The molecule has 6 heteroatoms. The minimum atomic E-state index is -0.673. The summed E-state index contributed by atoms with van der Waals surface area (Å²) in [7, 11) is 0. The Balaban J connectivity index is 2.50. The van der Waals surface area contributed by atoms with Crippen LogP contribution in [0.3, 0.4) is 0 Å². The molecule has 20 heavy (non-hydrogen) atoms. The highest BCUT2D eigenvalue weighted by molar-refractivity contribution is 9.10. The van der Waals surface area contributed by atoms with Crippen molar-refractivity contribution in [1.29, 1.82) is 0 Å². The van der Waals surface area contributed by atoms with Crippen LogP contribution in [0.5, 0.6) is 5.75 Å². The van der Waals surface area contributed by atoms with Crippen molar-refractivity contribution in [2.24, 2.45) is 0 Å². The fourth-order valence-corrected chi connectivity index (χ4v) is 1.76. The molecule has 0 aromatic heterocycles. The molecular weight excluding hydrogens is 324 g/mol. The van der Waals surface area contributed by atoms with E-state index in [9.17, 15) is 9.59 Å². The number of carbonyl (C=O) groups is 2. The zero-order valence-corrected chi connectivity index (χ0v) is 13.4. The van der Waals surface area contributed by atoms with Crippen LogP contribution in [0, 0.1) is 0 Å². The van der Waals surface area contributed by atoms with Crippen molar-refractivity contribution in [2.45, 2.75) is 32.9 Å². The Morgan fingerprint density at radius 1 is 1.20 bits per heavy atom. The fraction of sp³-hybridized carbons (Fsp3) is 0.429. The second-order valence-electron chi connectivity index (χ2n) is 4.34. The molecule has 2 atom stereocenters. The van der Waals surface area contributed by atoms with Gasteiger partial charge in [0.2, 0.25) is 5.91 Å². The van der Waals surface area contributed by atoms with Gasteiger partial charge in [-0.3, -0.25) is 9.59 Å². The summed E-state index contributed by atoms with van der Waals surface area (Å²) in [6.07, 6.45) is -0.673. The SMILES string of the molecule is CCNC(=O)[C@@H](C)NC(=O)[C@H](C)Oc1ccc(Br)cc1. The van der Waals surface area contributed by atoms with Crippen LogP contribution in [0.25, 0.3) is 0 Å². The molecule has 110 valence electrons. The smallest absolute Gasteiger partial charge is 0.261 e. The van der Waals surface area contributed by atoms with Crippen LogP contribution in [0.15, 0.2) is 28.7 Å². The second-order valence-corrected chi connectivity index (χ2v) is 5.25. The van der Waals surface area contributed by atoms with Crippen LogP contribution in [-0.2, 0) is 9.59 Å². The summed E-state index contributed by atoms with van der Waals surface area (Å²) in [5.74, 6) is 0.0601. The molecule has 0 fully saturated rings. The molecule has 1 rings (SSSR count). The number of hydrogen-bond acceptors (Lipinski definition) is 3. The van der Waals surface area contributed by atoms with E-state index in [0.717, 1.165) is 4.47 Å². The maximum absolute atomic E-state index is 11.9. The first kappa shape index (κ1) is 16.5. The quantitative estimate of drug-likeness (QED) is 0.829. The third-order valence-corrected chi connectivity index (χ3v) is 3.13. The van der Waals surface area contributed by atoms with E-state index in [1.165, 1.54) is 0 Å². The van der Waals surface area contributed by atoms with Crippen molar-refractivity contribution in [3.8, 4) is 5.75 Å². The first-order valence-corrected chi connectivity index (χ1v) is 7.23. The Hall–Kier alpha value is -1.56. The van der Waals surface area contributed by atoms with E-state index in [4.69, 9.17) is 4.74 Å². The number of amides is 2. The largest absolute Gasteiger partial charge is 0.481 e. The van der Waals surface area contributed by atoms with Gasteiger partial charge >= 0.3 is 0 Å². The lowest BCUT2D eigenvalue weighted by Gasteiger charge is -2.18. The Morgan fingerprint density at radius 3 is 2.35 bits per heavy atom. The highest BCUT2D eigenvalue weighted by Gasteiger charge is 2.20. The Labute approximate surface area is 127 Å². The average Bonchev–Trinajstić information content (AvgIpc) is 2.41. The normalized spacial score (nSPS) is 13.2. The van der Waals surface area contributed by atoms with Crippen LogP contribution in [0.4, 0.5) is 0 Å². The Kier molecular flexibility index (Phi) is 6.51. The zero-order chi connectivity index (χ0) is 15.1. The lowest BCUT2D eigenvalue weighted by Crippen LogP contribution is -2.48. The summed E-state index contributed by atoms with van der Waals surface area (Å²) in [4.78, 5) is 23.4. The first-order chi connectivity index (χ1) is 9.43. The maximum atomic E-state index is 11.9. The molecule has 0 bridgehead atoms. The fourth-order valence-electron chi connectivity index (χ4n) is 1.49. The van der Waals surface area contributed by atoms with Gasteiger partial charge in [0.25, 0.3) is 5.91 Å². The molecular formula is C14H19BrN2O3. The van der Waals surface area contributed by atoms with Crippen LogP contribution in [0.2, 0.25) is 0 Å². The average molecular weight is 343 g/mol. The van der Waals surface area contributed by atoms with Crippen molar-refractivity contribution in [1.82, 2.24) is 10.6 Å². The monoisotopic (exact) mass is 342 g/mol. The van der Waals surface area contributed by atoms with Crippen LogP contribution in [0.1, 0.15) is 20.8 Å². The molecule has 2 amide bonds. The van der Waals surface area contributed by atoms with Crippen molar-refractivity contribution < 1.29 is 14.3 Å². The summed E-state index contributed by atoms with van der Waals surface area (Å²) >= 11 is 3.32. The lowest BCUT2D eigenvalue weighted by atomic mass is 10.2. The highest BCUT2D eigenvalue weighted by atomic mass is 79.9. The maximum Gasteiger partial charge on any atom is 0.261 e. The van der Waals surface area contributed by atoms with Gasteiger partial charge in [0.1, 0.15) is 11.8 Å². The van der Waals surface area contributed by atoms with E-state index >= 15 is 0 Å². The summed E-state index contributed by atoms with van der Waals surface area (Å²) < 4.78 is 6.44. The number of likely N-dealkylation sites (N-methyl/N-ethyl adjacent to an activating group) is 1. The van der Waals surface area contributed by atoms with Gasteiger partial charge in [0, 0.05) is 11.0 Å². The topological polar surface area (TPSA) is 67.4 Å². The molecule has 0 unspecified atom stereocenters. The number of ether oxygens (including phenoxy) is 1. The zero-order valence-electron chi connectivity index (χ0n) is 11.8. The minimum absolute atomic E-state index is 0.211. The molecule has 0 radical (unpaired) electrons. The van der Waals surface area contributed by atoms with Gasteiger partial charge < -0.3 is 15.4 Å². The molecule has 2 N–H and O–H groups in total. The number of nitrogens with one attached hydrogen (secondary N) is 2. The van der Waals surface area contributed by atoms with E-state index < -0.39 is 12.1 Å². The van der Waals surface area contributed by atoms with E-state index in [1.54, 1.807) is 26.0 Å². The molecule has 1 aromatic carbocycles. The van der Waals surface area contributed by atoms with E-state index in [2.05, 4.69) is 26.6 Å². The van der Waals surface area contributed by atoms with Crippen molar-refractivity contribution >= 4 is 27.7 Å². The van der Waals surface area contributed by atoms with Gasteiger partial charge in [-0.2, -0.15) is 0 Å². The van der Waals surface area contributed by atoms with E-state index in [-0.39, 0.29) is 11.8 Å². The van der Waals surface area contributed by atoms with Crippen LogP contribution in [-0.4, -0.2) is 30.5 Å². The Morgan fingerprint density at radius 2 is 1.80 bits per heavy atom. The van der Waals surface area contributed by atoms with Gasteiger partial charge in [-0.25, -0.2) is 0 Å². The van der Waals surface area contributed by atoms with E-state index in [1.807, 2.05) is 19.1 Å². The summed E-state index contributed by atoms with van der Waals surface area (Å²) in [6, 6.07) is 6.61. The molecule has 0 aliphatic carbocycles. The summed E-state index contributed by atoms with van der Waals surface area (Å²) in [5.41, 5.74) is 0. The minimum Gasteiger partial charge on any atom is -0.481 e. The van der Waals surface area contributed by atoms with E-state index in [0.29, 0.717) is 12.3 Å². The third-order valence-electron chi connectivity index (χ3n) is 2.60. The van der Waals surface area contributed by atoms with Gasteiger partial charge in [0.05, 0.1) is 0 Å². The van der Waals surface area contributed by atoms with Gasteiger partial charge in [0.15, 0.2) is 6.10 Å². The number of hydrogen-bond donors (Lipinski definition) is 2. The predicted molar refractivity (Wildman–Crippen MR) is 80.5 cm³/mol. The Bertz CT molecular complexity index is 462. The second kappa shape index (κ2) is 7.89. The molecule has 0 saturated heterocycles. The number of halogens is 1. The first-order valence-electron chi connectivity index (χ1n) is 6.44. The van der Waals surface area contributed by atoms with Gasteiger partial charge in [-0.15, -0.1) is 0 Å². The summed E-state index contributed by atoms with van der Waals surface area (Å²) in [5, 5.41) is 5.26. The highest BCUT2D eigenvalue weighted by Crippen LogP contribution is 2.17. The predicted octanol–water partition coefficient (Wildman–Crippen LogP) is 1.86. The van der Waals surface area contributed by atoms with Crippen LogP contribution >= 0.6 is 15.9 Å². The van der Waals surface area contributed by atoms with Crippen LogP contribution < -0.4 is 15.4 Å². The molecule has 0 aliphatic heterocycles. The molecule has 0 heterocycles. The third kappa shape index (κ3) is 5.21. The lowest BCUT2D eigenvalue weighted by molar-refractivity contribution is -0.132. The molecule has 1 aromatic rings. The molecule has 5 nitrogen and oxygen atoms in total. The molecule has 0 saturated carbocycles. The standard InChI is InChI=1S/C14H19BrN2O3/c1-4-16-13(18)9(2)17-14(19)10(3)20-12-7-5-11(15)6-8-12/h5-10H,4H2,1-3H3,(H,16,18)(H,17,19)/t9-,10+/m1/s1. The van der Waals surface area contributed by atoms with Crippen molar-refractivity contribution in [2.75, 3.05) is 6.54 Å². The number of benzene rings is 1. The number of carbonyl (C=O) groups excluding carboxylic acids is 2.